The van der Waals surface area contributed by atoms with E-state index in [2.05, 4.69) is 20.8 Å². The van der Waals surface area contributed by atoms with Gasteiger partial charge in [-0.15, -0.1) is 0 Å². The fourth-order valence-corrected chi connectivity index (χ4v) is 4.88. The van der Waals surface area contributed by atoms with Crippen LogP contribution in [0.2, 0.25) is 0 Å². The predicted molar refractivity (Wildman–Crippen MR) is 164 cm³/mol. The molecule has 1 unspecified atom stereocenters. The third-order valence-electron chi connectivity index (χ3n) is 7.88. The number of hydrogen-bond donors (Lipinski definition) is 1. The number of esters is 2. The predicted octanol–water partition coefficient (Wildman–Crippen LogP) is 9.86. The van der Waals surface area contributed by atoms with Crippen LogP contribution in [0.1, 0.15) is 181 Å². The maximum atomic E-state index is 11.9. The second kappa shape index (κ2) is 29.9. The van der Waals surface area contributed by atoms with Gasteiger partial charge in [0.1, 0.15) is 19.3 Å². The Balaban J connectivity index is 3.42. The number of rotatable bonds is 30. The molecule has 0 bridgehead atoms. The lowest BCUT2D eigenvalue weighted by Gasteiger charge is -2.12. The van der Waals surface area contributed by atoms with E-state index in [1.54, 1.807) is 0 Å². The van der Waals surface area contributed by atoms with Gasteiger partial charge in [-0.25, -0.2) is 0 Å². The van der Waals surface area contributed by atoms with Gasteiger partial charge in [0.25, 0.3) is 0 Å². The van der Waals surface area contributed by atoms with Gasteiger partial charge in [-0.05, 0) is 18.8 Å². The van der Waals surface area contributed by atoms with Crippen LogP contribution in [-0.2, 0) is 19.1 Å². The van der Waals surface area contributed by atoms with Gasteiger partial charge in [0, 0.05) is 12.8 Å². The number of aliphatic hydroxyl groups excluding tert-OH is 1. The quantitative estimate of drug-likeness (QED) is 0.0706. The number of carbonyl (C=O) groups excluding carboxylic acids is 2. The number of ether oxygens (including phenoxy) is 2. The Kier molecular flexibility index (Phi) is 29.0. The van der Waals surface area contributed by atoms with Crippen molar-refractivity contribution in [2.45, 2.75) is 187 Å². The Morgan fingerprint density at radius 3 is 1.23 bits per heavy atom. The zero-order chi connectivity index (χ0) is 28.8. The number of aliphatic hydroxyl groups is 1. The van der Waals surface area contributed by atoms with Crippen LogP contribution in [0.5, 0.6) is 0 Å². The highest BCUT2D eigenvalue weighted by Gasteiger charge is 2.12. The largest absolute Gasteiger partial charge is 0.463 e. The molecule has 0 amide bonds. The molecule has 39 heavy (non-hydrogen) atoms. The molecule has 0 spiro atoms. The van der Waals surface area contributed by atoms with E-state index in [9.17, 15) is 14.7 Å². The minimum absolute atomic E-state index is 0.109. The minimum atomic E-state index is -0.953. The molecule has 0 rings (SSSR count). The molecule has 232 valence electrons. The molecule has 0 aromatic carbocycles. The van der Waals surface area contributed by atoms with Crippen LogP contribution >= 0.6 is 0 Å². The summed E-state index contributed by atoms with van der Waals surface area (Å²) in [6.45, 7) is 6.66. The van der Waals surface area contributed by atoms with Gasteiger partial charge in [0.15, 0.2) is 0 Å². The van der Waals surface area contributed by atoms with E-state index < -0.39 is 6.10 Å². The summed E-state index contributed by atoms with van der Waals surface area (Å²) in [5.74, 6) is 0.322. The van der Waals surface area contributed by atoms with Crippen LogP contribution in [0.4, 0.5) is 0 Å². The summed E-state index contributed by atoms with van der Waals surface area (Å²) >= 11 is 0. The molecule has 0 saturated heterocycles. The van der Waals surface area contributed by atoms with Crippen molar-refractivity contribution in [3.63, 3.8) is 0 Å². The van der Waals surface area contributed by atoms with Gasteiger partial charge in [0.2, 0.25) is 0 Å². The molecule has 2 atom stereocenters. The summed E-state index contributed by atoms with van der Waals surface area (Å²) in [4.78, 5) is 23.8. The normalized spacial score (nSPS) is 12.8. The first kappa shape index (κ1) is 37.9. The Morgan fingerprint density at radius 1 is 0.538 bits per heavy atom. The van der Waals surface area contributed by atoms with Crippen molar-refractivity contribution < 1.29 is 24.2 Å². The third-order valence-corrected chi connectivity index (χ3v) is 7.88. The number of unbranched alkanes of at least 4 members (excludes halogenated alkanes) is 19. The second-order valence-corrected chi connectivity index (χ2v) is 11.9. The lowest BCUT2D eigenvalue weighted by molar-refractivity contribution is -0.152. The van der Waals surface area contributed by atoms with Crippen molar-refractivity contribution in [3.05, 3.63) is 0 Å². The highest BCUT2D eigenvalue weighted by Crippen LogP contribution is 2.16. The summed E-state index contributed by atoms with van der Waals surface area (Å²) in [5, 5.41) is 9.95. The molecule has 0 fully saturated rings. The van der Waals surface area contributed by atoms with Crippen molar-refractivity contribution in [1.29, 1.82) is 0 Å². The smallest absolute Gasteiger partial charge is 0.305 e. The van der Waals surface area contributed by atoms with Crippen molar-refractivity contribution in [2.75, 3.05) is 13.2 Å². The molecule has 0 aromatic rings. The lowest BCUT2D eigenvalue weighted by Crippen LogP contribution is -2.25. The van der Waals surface area contributed by atoms with Crippen molar-refractivity contribution in [3.8, 4) is 0 Å². The first-order chi connectivity index (χ1) is 19.0. The fourth-order valence-electron chi connectivity index (χ4n) is 4.88. The highest BCUT2D eigenvalue weighted by atomic mass is 16.6. The van der Waals surface area contributed by atoms with Gasteiger partial charge >= 0.3 is 11.9 Å². The summed E-state index contributed by atoms with van der Waals surface area (Å²) in [6, 6.07) is 0. The van der Waals surface area contributed by atoms with Gasteiger partial charge < -0.3 is 14.6 Å². The lowest BCUT2D eigenvalue weighted by atomic mass is 9.99. The van der Waals surface area contributed by atoms with Crippen molar-refractivity contribution >= 4 is 11.9 Å². The second-order valence-electron chi connectivity index (χ2n) is 11.9. The maximum absolute atomic E-state index is 11.9. The van der Waals surface area contributed by atoms with E-state index in [4.69, 9.17) is 9.47 Å². The first-order valence-corrected chi connectivity index (χ1v) is 17.0. The van der Waals surface area contributed by atoms with Crippen LogP contribution in [0, 0.1) is 5.92 Å². The molecule has 0 aromatic heterocycles. The third kappa shape index (κ3) is 29.7. The molecule has 0 aliphatic heterocycles. The van der Waals surface area contributed by atoms with E-state index in [1.165, 1.54) is 122 Å². The zero-order valence-electron chi connectivity index (χ0n) is 26.3. The molecule has 0 radical (unpaired) electrons. The van der Waals surface area contributed by atoms with E-state index in [1.807, 2.05) is 0 Å². The standard InChI is InChI=1S/C34H66O5/c1-4-6-7-8-9-10-11-15-18-21-24-27-33(36)38-29-32(35)30-39-34(37)28-25-22-19-16-13-12-14-17-20-23-26-31(3)5-2/h31-32,35H,4-30H2,1-3H3/t31?,32-/m0/s1. The van der Waals surface area contributed by atoms with E-state index in [0.29, 0.717) is 12.8 Å². The SMILES string of the molecule is CCCCCCCCCCCCCC(=O)OC[C@H](O)COC(=O)CCCCCCCCCCCCC(C)CC. The van der Waals surface area contributed by atoms with Gasteiger partial charge in [-0.3, -0.25) is 9.59 Å². The summed E-state index contributed by atoms with van der Waals surface area (Å²) in [7, 11) is 0. The van der Waals surface area contributed by atoms with Crippen molar-refractivity contribution in [2.24, 2.45) is 5.92 Å². The molecule has 0 aliphatic carbocycles. The molecule has 1 N–H and O–H groups in total. The monoisotopic (exact) mass is 554 g/mol. The average Bonchev–Trinajstić information content (AvgIpc) is 2.93. The fraction of sp³-hybridized carbons (Fsp3) is 0.941. The van der Waals surface area contributed by atoms with E-state index in [0.717, 1.165) is 31.6 Å². The number of hydrogen-bond acceptors (Lipinski definition) is 5. The molecule has 0 aliphatic rings. The van der Waals surface area contributed by atoms with Gasteiger partial charge in [-0.1, -0.05) is 156 Å². The van der Waals surface area contributed by atoms with Crippen LogP contribution in [0.15, 0.2) is 0 Å². The Hall–Kier alpha value is -1.10. The van der Waals surface area contributed by atoms with E-state index >= 15 is 0 Å². The average molecular weight is 555 g/mol. The Morgan fingerprint density at radius 2 is 0.872 bits per heavy atom. The molecular formula is C34H66O5. The molecule has 5 nitrogen and oxygen atoms in total. The number of carbonyl (C=O) groups is 2. The van der Waals surface area contributed by atoms with Crippen molar-refractivity contribution in [1.82, 2.24) is 0 Å². The Labute approximate surface area is 242 Å². The van der Waals surface area contributed by atoms with Crippen LogP contribution in [0.25, 0.3) is 0 Å². The van der Waals surface area contributed by atoms with Crippen LogP contribution < -0.4 is 0 Å². The summed E-state index contributed by atoms with van der Waals surface area (Å²) in [6.07, 6.45) is 28.5. The maximum Gasteiger partial charge on any atom is 0.305 e. The van der Waals surface area contributed by atoms with Gasteiger partial charge in [-0.2, -0.15) is 0 Å². The van der Waals surface area contributed by atoms with Crippen LogP contribution in [0.3, 0.4) is 0 Å². The molecule has 0 heterocycles. The van der Waals surface area contributed by atoms with E-state index in [-0.39, 0.29) is 25.2 Å². The first-order valence-electron chi connectivity index (χ1n) is 17.0. The van der Waals surface area contributed by atoms with Gasteiger partial charge in [0.05, 0.1) is 0 Å². The molecule has 0 saturated carbocycles. The molecular weight excluding hydrogens is 488 g/mol. The zero-order valence-corrected chi connectivity index (χ0v) is 26.3. The topological polar surface area (TPSA) is 72.8 Å². The summed E-state index contributed by atoms with van der Waals surface area (Å²) < 4.78 is 10.3. The minimum Gasteiger partial charge on any atom is -0.463 e. The summed E-state index contributed by atoms with van der Waals surface area (Å²) in [5.41, 5.74) is 0. The molecule has 5 heteroatoms. The Bertz CT molecular complexity index is 536. The highest BCUT2D eigenvalue weighted by molar-refractivity contribution is 5.69. The van der Waals surface area contributed by atoms with Crippen LogP contribution in [-0.4, -0.2) is 36.4 Å².